The molecule has 2 unspecified atom stereocenters. The van der Waals surface area contributed by atoms with Crippen molar-refractivity contribution in [3.63, 3.8) is 0 Å². The molecule has 0 saturated carbocycles. The lowest BCUT2D eigenvalue weighted by molar-refractivity contribution is 0.178. The summed E-state index contributed by atoms with van der Waals surface area (Å²) in [5.74, 6) is 0.753. The van der Waals surface area contributed by atoms with Crippen LogP contribution in [0.25, 0.3) is 0 Å². The van der Waals surface area contributed by atoms with Crippen molar-refractivity contribution in [2.24, 2.45) is 5.92 Å². The molecule has 0 radical (unpaired) electrons. The molecular formula is C57H68N6S4. The molecule has 5 heterocycles. The van der Waals surface area contributed by atoms with Gasteiger partial charge < -0.3 is 29.4 Å². The number of rotatable bonds is 10. The Balaban J connectivity index is 0.000000127. The summed E-state index contributed by atoms with van der Waals surface area (Å²) in [4.78, 5) is 24.4. The first kappa shape index (κ1) is 48.0. The molecule has 10 heteroatoms. The van der Waals surface area contributed by atoms with Crippen LogP contribution in [-0.4, -0.2) is 101 Å². The molecule has 6 aromatic carbocycles. The van der Waals surface area contributed by atoms with Gasteiger partial charge in [-0.25, -0.2) is 0 Å². The third-order valence-corrected chi connectivity index (χ3v) is 17.8. The maximum absolute atomic E-state index is 2.56. The number of nitrogens with zero attached hydrogens (tertiary/aromatic N) is 6. The molecule has 0 N–H and O–H groups in total. The fraction of sp³-hybridized carbons (Fsp3) is 0.368. The third-order valence-electron chi connectivity index (χ3n) is 13.7. The zero-order chi connectivity index (χ0) is 46.1. The standard InChI is InChI=1S/C21H26N2S2.C19H22N2S.C17H20N2S/c1-22-13-6-5-7-16(22)12-14-23-18-8-3-4-9-20(18)25-21-11-10-17(24-2)15-19(21)23;1-20-12-6-7-15(13-20)14-21-16-8-2-4-10-18(16)22-19-11-5-3-9-17(19)21;1-18(2)12-7-13-19-14-8-3-5-10-16(14)20-17-11-6-4-9-15(17)19/h3-4,8-11,15-16H,5-7,12-14H2,1-2H3;2-5,8-11,15H,6-7,12-14H2,1H3;3-6,8-11H,7,12-13H2,1-2H3. The smallest absolute Gasteiger partial charge is 0.0564 e. The highest BCUT2D eigenvalue weighted by molar-refractivity contribution is 8.00. The van der Waals surface area contributed by atoms with Gasteiger partial charge in [-0.2, -0.15) is 0 Å². The molecule has 67 heavy (non-hydrogen) atoms. The summed E-state index contributed by atoms with van der Waals surface area (Å²) in [6.07, 6.45) is 11.3. The van der Waals surface area contributed by atoms with Crippen molar-refractivity contribution in [1.29, 1.82) is 0 Å². The lowest BCUT2D eigenvalue weighted by Crippen LogP contribution is -2.38. The van der Waals surface area contributed by atoms with E-state index in [-0.39, 0.29) is 0 Å². The van der Waals surface area contributed by atoms with Crippen molar-refractivity contribution in [2.45, 2.75) is 85.3 Å². The van der Waals surface area contributed by atoms with Gasteiger partial charge in [0.25, 0.3) is 0 Å². The number of fused-ring (bicyclic) bond motifs is 6. The Kier molecular flexibility index (Phi) is 16.5. The van der Waals surface area contributed by atoms with E-state index in [4.69, 9.17) is 0 Å². The van der Waals surface area contributed by atoms with E-state index in [1.807, 2.05) is 47.0 Å². The van der Waals surface area contributed by atoms with Gasteiger partial charge in [0.15, 0.2) is 0 Å². The zero-order valence-corrected chi connectivity index (χ0v) is 43.4. The minimum Gasteiger partial charge on any atom is -0.340 e. The largest absolute Gasteiger partial charge is 0.340 e. The fourth-order valence-corrected chi connectivity index (χ4v) is 13.9. The SMILES string of the molecule is CN(C)CCCN1c2ccccc2Sc2ccccc21.CN1CCCC(CN2c3ccccc3Sc3ccccc32)C1.CSc1ccc2c(c1)N(CCC1CCCCN1C)c1ccccc1S2. The van der Waals surface area contributed by atoms with Crippen molar-refractivity contribution in [3.05, 3.63) is 140 Å². The van der Waals surface area contributed by atoms with Crippen LogP contribution in [-0.2, 0) is 0 Å². The lowest BCUT2D eigenvalue weighted by Gasteiger charge is -2.38. The van der Waals surface area contributed by atoms with Gasteiger partial charge in [0, 0.05) is 66.5 Å². The first-order valence-corrected chi connectivity index (χ1v) is 28.0. The highest BCUT2D eigenvalue weighted by Crippen LogP contribution is 2.51. The second-order valence-corrected chi connectivity index (χ2v) is 22.9. The average Bonchev–Trinajstić information content (AvgIpc) is 3.35. The molecule has 0 spiro atoms. The summed E-state index contributed by atoms with van der Waals surface area (Å²) in [7, 11) is 8.81. The summed E-state index contributed by atoms with van der Waals surface area (Å²) >= 11 is 7.50. The Morgan fingerprint density at radius 3 is 1.52 bits per heavy atom. The number of anilines is 6. The Morgan fingerprint density at radius 1 is 0.537 bits per heavy atom. The average molecular weight is 965 g/mol. The maximum atomic E-state index is 2.56. The molecule has 0 aromatic heterocycles. The number of benzene rings is 6. The molecular weight excluding hydrogens is 897 g/mol. The van der Waals surface area contributed by atoms with E-state index in [1.54, 1.807) is 0 Å². The van der Waals surface area contributed by atoms with Crippen LogP contribution in [0.1, 0.15) is 44.9 Å². The van der Waals surface area contributed by atoms with Gasteiger partial charge in [0.2, 0.25) is 0 Å². The van der Waals surface area contributed by atoms with Crippen LogP contribution >= 0.6 is 47.0 Å². The number of hydrogen-bond acceptors (Lipinski definition) is 10. The second kappa shape index (κ2) is 23.1. The summed E-state index contributed by atoms with van der Waals surface area (Å²) in [6.45, 7) is 8.12. The summed E-state index contributed by atoms with van der Waals surface area (Å²) in [5, 5.41) is 0. The Bertz CT molecular complexity index is 2480. The Hall–Kier alpha value is -4.00. The first-order valence-electron chi connectivity index (χ1n) is 24.4. The highest BCUT2D eigenvalue weighted by Gasteiger charge is 2.29. The molecule has 5 aliphatic heterocycles. The van der Waals surface area contributed by atoms with Crippen molar-refractivity contribution in [1.82, 2.24) is 14.7 Å². The van der Waals surface area contributed by atoms with Crippen molar-refractivity contribution in [3.8, 4) is 0 Å². The predicted molar refractivity (Wildman–Crippen MR) is 292 cm³/mol. The summed E-state index contributed by atoms with van der Waals surface area (Å²) in [5.41, 5.74) is 8.19. The van der Waals surface area contributed by atoms with E-state index in [1.165, 1.54) is 133 Å². The molecule has 350 valence electrons. The fourth-order valence-electron chi connectivity index (χ4n) is 10.2. The van der Waals surface area contributed by atoms with Crippen LogP contribution in [0.3, 0.4) is 0 Å². The molecule has 11 rings (SSSR count). The van der Waals surface area contributed by atoms with Crippen LogP contribution in [0.5, 0.6) is 0 Å². The minimum atomic E-state index is 0.725. The van der Waals surface area contributed by atoms with E-state index in [9.17, 15) is 0 Å². The normalized spacial score (nSPS) is 18.5. The molecule has 6 nitrogen and oxygen atoms in total. The van der Waals surface area contributed by atoms with Crippen LogP contribution in [0, 0.1) is 5.92 Å². The predicted octanol–water partition coefficient (Wildman–Crippen LogP) is 14.8. The lowest BCUT2D eigenvalue weighted by atomic mass is 9.97. The van der Waals surface area contributed by atoms with E-state index < -0.39 is 0 Å². The van der Waals surface area contributed by atoms with E-state index in [2.05, 4.69) is 203 Å². The van der Waals surface area contributed by atoms with Crippen molar-refractivity contribution in [2.75, 3.05) is 95.0 Å². The molecule has 2 fully saturated rings. The van der Waals surface area contributed by atoms with Crippen LogP contribution < -0.4 is 14.7 Å². The maximum Gasteiger partial charge on any atom is 0.0564 e. The molecule has 0 aliphatic carbocycles. The Morgan fingerprint density at radius 2 is 1.03 bits per heavy atom. The molecule has 0 bridgehead atoms. The third kappa shape index (κ3) is 11.7. The van der Waals surface area contributed by atoms with E-state index in [0.29, 0.717) is 0 Å². The van der Waals surface area contributed by atoms with Gasteiger partial charge in [0.05, 0.1) is 34.1 Å². The van der Waals surface area contributed by atoms with Gasteiger partial charge in [-0.15, -0.1) is 11.8 Å². The van der Waals surface area contributed by atoms with Crippen LogP contribution in [0.2, 0.25) is 0 Å². The number of piperidine rings is 2. The summed E-state index contributed by atoms with van der Waals surface area (Å²) < 4.78 is 0. The van der Waals surface area contributed by atoms with E-state index >= 15 is 0 Å². The van der Waals surface area contributed by atoms with Gasteiger partial charge in [-0.1, -0.05) is 102 Å². The van der Waals surface area contributed by atoms with Gasteiger partial charge in [-0.05, 0) is 177 Å². The topological polar surface area (TPSA) is 19.4 Å². The van der Waals surface area contributed by atoms with Gasteiger partial charge in [0.1, 0.15) is 0 Å². The molecule has 6 aromatic rings. The number of para-hydroxylation sites is 5. The highest BCUT2D eigenvalue weighted by atomic mass is 32.2. The van der Waals surface area contributed by atoms with Crippen molar-refractivity contribution >= 4 is 81.2 Å². The monoisotopic (exact) mass is 964 g/mol. The summed E-state index contributed by atoms with van der Waals surface area (Å²) in [6, 6.07) is 51.5. The molecule has 2 atom stereocenters. The van der Waals surface area contributed by atoms with Crippen LogP contribution in [0.4, 0.5) is 34.1 Å². The van der Waals surface area contributed by atoms with Gasteiger partial charge in [-0.3, -0.25) is 0 Å². The minimum absolute atomic E-state index is 0.725. The van der Waals surface area contributed by atoms with Crippen molar-refractivity contribution < 1.29 is 0 Å². The number of likely N-dealkylation sites (tertiary alicyclic amines) is 2. The zero-order valence-electron chi connectivity index (χ0n) is 40.1. The first-order chi connectivity index (χ1) is 32.8. The second-order valence-electron chi connectivity index (χ2n) is 18.7. The van der Waals surface area contributed by atoms with E-state index in [0.717, 1.165) is 38.1 Å². The molecule has 0 amide bonds. The van der Waals surface area contributed by atoms with Gasteiger partial charge >= 0.3 is 0 Å². The quantitative estimate of drug-likeness (QED) is 0.123. The van der Waals surface area contributed by atoms with Crippen LogP contribution in [0.15, 0.2) is 174 Å². The Labute approximate surface area is 418 Å². The number of hydrogen-bond donors (Lipinski definition) is 0. The molecule has 5 aliphatic rings. The molecule has 2 saturated heterocycles. The number of thioether (sulfide) groups is 1.